The number of hydrogen-bond acceptors (Lipinski definition) is 4. The van der Waals surface area contributed by atoms with Crippen LogP contribution in [0.15, 0.2) is 10.7 Å². The average Bonchev–Trinajstić information content (AvgIpc) is 2.43. The molecule has 12 heavy (non-hydrogen) atoms. The molecule has 0 spiro atoms. The maximum absolute atomic E-state index is 5.29. The van der Waals surface area contributed by atoms with Gasteiger partial charge in [0.2, 0.25) is 0 Å². The van der Waals surface area contributed by atoms with E-state index in [1.807, 2.05) is 0 Å². The molecular formula is C6H11BrN4O. The third kappa shape index (κ3) is 1.96. The lowest BCUT2D eigenvalue weighted by atomic mass is 10.6. The quantitative estimate of drug-likeness (QED) is 0.591. The second kappa shape index (κ2) is 4.44. The standard InChI is InChI=1S/C6H11BrN4O/c1-12-3-2-11-6(10-8)5(7)4-9-11/h4,10H,2-3,8H2,1H3. The van der Waals surface area contributed by atoms with Crippen LogP contribution >= 0.6 is 15.9 Å². The van der Waals surface area contributed by atoms with Gasteiger partial charge in [0, 0.05) is 7.11 Å². The predicted octanol–water partition coefficient (Wildman–Crippen LogP) is 0.578. The topological polar surface area (TPSA) is 65.1 Å². The van der Waals surface area contributed by atoms with Crippen LogP contribution in [-0.2, 0) is 11.3 Å². The Morgan fingerprint density at radius 2 is 2.58 bits per heavy atom. The van der Waals surface area contributed by atoms with E-state index < -0.39 is 0 Å². The van der Waals surface area contributed by atoms with Gasteiger partial charge in [-0.25, -0.2) is 10.5 Å². The van der Waals surface area contributed by atoms with Gasteiger partial charge in [0.15, 0.2) is 5.82 Å². The molecule has 3 N–H and O–H groups in total. The number of rotatable bonds is 4. The molecule has 68 valence electrons. The SMILES string of the molecule is COCCn1ncc(Br)c1NN. The number of hydrazine groups is 1. The minimum absolute atomic E-state index is 0.614. The lowest BCUT2D eigenvalue weighted by molar-refractivity contribution is 0.184. The molecule has 0 fully saturated rings. The molecule has 0 aromatic carbocycles. The summed E-state index contributed by atoms with van der Waals surface area (Å²) < 4.78 is 7.49. The first-order valence-electron chi connectivity index (χ1n) is 3.46. The number of halogens is 1. The van der Waals surface area contributed by atoms with Crippen molar-refractivity contribution in [3.63, 3.8) is 0 Å². The molecule has 0 saturated heterocycles. The lowest BCUT2D eigenvalue weighted by Gasteiger charge is -2.05. The van der Waals surface area contributed by atoms with E-state index in [-0.39, 0.29) is 0 Å². The Kier molecular flexibility index (Phi) is 3.51. The Balaban J connectivity index is 2.70. The highest BCUT2D eigenvalue weighted by Crippen LogP contribution is 2.19. The van der Waals surface area contributed by atoms with E-state index in [0.29, 0.717) is 13.2 Å². The number of anilines is 1. The fourth-order valence-corrected chi connectivity index (χ4v) is 1.26. The first-order chi connectivity index (χ1) is 5.79. The van der Waals surface area contributed by atoms with E-state index in [1.54, 1.807) is 18.0 Å². The number of nitrogens with zero attached hydrogens (tertiary/aromatic N) is 2. The van der Waals surface area contributed by atoms with Crippen LogP contribution in [0.5, 0.6) is 0 Å². The summed E-state index contributed by atoms with van der Waals surface area (Å²) in [5, 5.41) is 4.07. The van der Waals surface area contributed by atoms with Crippen molar-refractivity contribution in [2.75, 3.05) is 19.1 Å². The molecular weight excluding hydrogens is 224 g/mol. The van der Waals surface area contributed by atoms with E-state index in [2.05, 4.69) is 26.5 Å². The summed E-state index contributed by atoms with van der Waals surface area (Å²) in [6, 6.07) is 0. The summed E-state index contributed by atoms with van der Waals surface area (Å²) in [4.78, 5) is 0. The highest BCUT2D eigenvalue weighted by molar-refractivity contribution is 9.10. The number of nitrogen functional groups attached to an aromatic ring is 1. The molecule has 1 rings (SSSR count). The third-order valence-corrected chi connectivity index (χ3v) is 2.02. The second-order valence-electron chi connectivity index (χ2n) is 2.20. The molecule has 0 saturated carbocycles. The minimum atomic E-state index is 0.614. The van der Waals surface area contributed by atoms with Gasteiger partial charge in [0.1, 0.15) is 0 Å². The number of aromatic nitrogens is 2. The molecule has 0 unspecified atom stereocenters. The molecule has 0 amide bonds. The van der Waals surface area contributed by atoms with Crippen molar-refractivity contribution in [3.05, 3.63) is 10.7 Å². The Bertz CT molecular complexity index is 250. The molecule has 0 aliphatic rings. The number of hydrogen-bond donors (Lipinski definition) is 2. The van der Waals surface area contributed by atoms with Gasteiger partial charge in [-0.2, -0.15) is 5.10 Å². The molecule has 1 aromatic rings. The molecule has 0 atom stereocenters. The maximum Gasteiger partial charge on any atom is 0.152 e. The summed E-state index contributed by atoms with van der Waals surface area (Å²) in [7, 11) is 1.65. The van der Waals surface area contributed by atoms with Gasteiger partial charge < -0.3 is 10.2 Å². The van der Waals surface area contributed by atoms with Gasteiger partial charge in [-0.3, -0.25) is 0 Å². The van der Waals surface area contributed by atoms with Crippen LogP contribution in [-0.4, -0.2) is 23.5 Å². The zero-order valence-electron chi connectivity index (χ0n) is 6.75. The Hall–Kier alpha value is -0.590. The molecule has 1 aromatic heterocycles. The van der Waals surface area contributed by atoms with E-state index in [1.165, 1.54) is 0 Å². The van der Waals surface area contributed by atoms with Crippen LogP contribution < -0.4 is 11.3 Å². The smallest absolute Gasteiger partial charge is 0.152 e. The van der Waals surface area contributed by atoms with Crippen molar-refractivity contribution in [3.8, 4) is 0 Å². The van der Waals surface area contributed by atoms with E-state index in [4.69, 9.17) is 10.6 Å². The molecule has 6 heteroatoms. The number of methoxy groups -OCH3 is 1. The average molecular weight is 235 g/mol. The first-order valence-corrected chi connectivity index (χ1v) is 4.25. The summed E-state index contributed by atoms with van der Waals surface area (Å²) in [6.07, 6.45) is 1.69. The van der Waals surface area contributed by atoms with Crippen LogP contribution in [0.3, 0.4) is 0 Å². The van der Waals surface area contributed by atoms with Crippen molar-refractivity contribution in [1.82, 2.24) is 9.78 Å². The third-order valence-electron chi connectivity index (χ3n) is 1.44. The highest BCUT2D eigenvalue weighted by Gasteiger charge is 2.05. The monoisotopic (exact) mass is 234 g/mol. The first kappa shape index (κ1) is 9.50. The predicted molar refractivity (Wildman–Crippen MR) is 49.6 cm³/mol. The van der Waals surface area contributed by atoms with E-state index in [9.17, 15) is 0 Å². The van der Waals surface area contributed by atoms with Crippen molar-refractivity contribution in [2.45, 2.75) is 6.54 Å². The Morgan fingerprint density at radius 3 is 3.17 bits per heavy atom. The number of nitrogens with two attached hydrogens (primary N) is 1. The largest absolute Gasteiger partial charge is 0.383 e. The summed E-state index contributed by atoms with van der Waals surface area (Å²) >= 11 is 3.30. The van der Waals surface area contributed by atoms with Gasteiger partial charge in [-0.15, -0.1) is 0 Å². The summed E-state index contributed by atoms with van der Waals surface area (Å²) in [6.45, 7) is 1.30. The molecule has 0 aliphatic heterocycles. The molecule has 5 nitrogen and oxygen atoms in total. The Morgan fingerprint density at radius 1 is 1.83 bits per heavy atom. The van der Waals surface area contributed by atoms with Gasteiger partial charge in [-0.1, -0.05) is 0 Å². The van der Waals surface area contributed by atoms with Crippen molar-refractivity contribution < 1.29 is 4.74 Å². The van der Waals surface area contributed by atoms with Crippen LogP contribution in [0, 0.1) is 0 Å². The highest BCUT2D eigenvalue weighted by atomic mass is 79.9. The molecule has 0 aliphatic carbocycles. The van der Waals surface area contributed by atoms with Gasteiger partial charge in [0.05, 0.1) is 23.8 Å². The van der Waals surface area contributed by atoms with Crippen LogP contribution in [0.4, 0.5) is 5.82 Å². The van der Waals surface area contributed by atoms with Crippen molar-refractivity contribution in [1.29, 1.82) is 0 Å². The van der Waals surface area contributed by atoms with E-state index in [0.717, 1.165) is 10.3 Å². The lowest BCUT2D eigenvalue weighted by Crippen LogP contribution is -2.15. The van der Waals surface area contributed by atoms with E-state index >= 15 is 0 Å². The molecule has 1 heterocycles. The summed E-state index contributed by atoms with van der Waals surface area (Å²) in [5.41, 5.74) is 2.55. The number of nitrogens with one attached hydrogen (secondary N) is 1. The fourth-order valence-electron chi connectivity index (χ4n) is 0.853. The van der Waals surface area contributed by atoms with Crippen LogP contribution in [0.2, 0.25) is 0 Å². The normalized spacial score (nSPS) is 10.2. The van der Waals surface area contributed by atoms with Gasteiger partial charge >= 0.3 is 0 Å². The summed E-state index contributed by atoms with van der Waals surface area (Å²) in [5.74, 6) is 6.04. The number of ether oxygens (including phenoxy) is 1. The maximum atomic E-state index is 5.29. The Labute approximate surface area is 79.0 Å². The van der Waals surface area contributed by atoms with Crippen LogP contribution in [0.1, 0.15) is 0 Å². The van der Waals surface area contributed by atoms with Gasteiger partial charge in [-0.05, 0) is 15.9 Å². The molecule has 0 bridgehead atoms. The zero-order chi connectivity index (χ0) is 8.97. The minimum Gasteiger partial charge on any atom is -0.383 e. The van der Waals surface area contributed by atoms with Crippen molar-refractivity contribution >= 4 is 21.7 Å². The van der Waals surface area contributed by atoms with Crippen molar-refractivity contribution in [2.24, 2.45) is 5.84 Å². The molecule has 0 radical (unpaired) electrons. The van der Waals surface area contributed by atoms with Gasteiger partial charge in [0.25, 0.3) is 0 Å². The second-order valence-corrected chi connectivity index (χ2v) is 3.06. The zero-order valence-corrected chi connectivity index (χ0v) is 8.34. The van der Waals surface area contributed by atoms with Crippen LogP contribution in [0.25, 0.3) is 0 Å². The fraction of sp³-hybridized carbons (Fsp3) is 0.500.